The van der Waals surface area contributed by atoms with Crippen LogP contribution in [0.25, 0.3) is 0 Å². The fourth-order valence-corrected chi connectivity index (χ4v) is 2.28. The molecule has 1 atom stereocenters. The third-order valence-electron chi connectivity index (χ3n) is 3.33. The minimum Gasteiger partial charge on any atom is -0.399 e. The second-order valence-electron chi connectivity index (χ2n) is 5.15. The molecule has 1 amide bonds. The lowest BCUT2D eigenvalue weighted by molar-refractivity contribution is -0.130. The van der Waals surface area contributed by atoms with Crippen LogP contribution < -0.4 is 5.73 Å². The second-order valence-corrected chi connectivity index (χ2v) is 5.15. The lowest BCUT2D eigenvalue weighted by Gasteiger charge is -2.21. The molecule has 104 valence electrons. The van der Waals surface area contributed by atoms with E-state index in [0.717, 1.165) is 11.1 Å². The minimum absolute atomic E-state index is 0.0967. The monoisotopic (exact) mass is 268 g/mol. The maximum absolute atomic E-state index is 12.4. The molecule has 2 N–H and O–H groups in total. The van der Waals surface area contributed by atoms with Crippen molar-refractivity contribution in [3.63, 3.8) is 0 Å². The molecule has 0 spiro atoms. The molecule has 20 heavy (non-hydrogen) atoms. The minimum atomic E-state index is -0.198. The SMILES string of the molecule is CN(C)C(=O)C(Cc1ccccc1)c1cccc(N)c1. The molecule has 2 aromatic carbocycles. The summed E-state index contributed by atoms with van der Waals surface area (Å²) in [6.45, 7) is 0. The Morgan fingerprint density at radius 2 is 1.80 bits per heavy atom. The summed E-state index contributed by atoms with van der Waals surface area (Å²) in [4.78, 5) is 14.1. The average molecular weight is 268 g/mol. The van der Waals surface area contributed by atoms with E-state index in [-0.39, 0.29) is 11.8 Å². The number of hydrogen-bond acceptors (Lipinski definition) is 2. The Morgan fingerprint density at radius 1 is 1.10 bits per heavy atom. The topological polar surface area (TPSA) is 46.3 Å². The van der Waals surface area contributed by atoms with E-state index >= 15 is 0 Å². The number of amides is 1. The van der Waals surface area contributed by atoms with E-state index in [1.807, 2.05) is 54.6 Å². The number of likely N-dealkylation sites (N-methyl/N-ethyl adjacent to an activating group) is 1. The molecule has 0 aliphatic heterocycles. The van der Waals surface area contributed by atoms with Gasteiger partial charge in [0.25, 0.3) is 0 Å². The van der Waals surface area contributed by atoms with Crippen LogP contribution in [0.5, 0.6) is 0 Å². The molecule has 0 saturated heterocycles. The predicted molar refractivity (Wildman–Crippen MR) is 82.4 cm³/mol. The van der Waals surface area contributed by atoms with E-state index in [4.69, 9.17) is 5.73 Å². The first-order chi connectivity index (χ1) is 9.58. The van der Waals surface area contributed by atoms with E-state index < -0.39 is 0 Å². The standard InChI is InChI=1S/C17H20N2O/c1-19(2)17(20)16(11-13-7-4-3-5-8-13)14-9-6-10-15(18)12-14/h3-10,12,16H,11,18H2,1-2H3. The smallest absolute Gasteiger partial charge is 0.229 e. The maximum atomic E-state index is 12.4. The van der Waals surface area contributed by atoms with Gasteiger partial charge in [-0.05, 0) is 29.7 Å². The zero-order valence-electron chi connectivity index (χ0n) is 11.9. The number of carbonyl (C=O) groups is 1. The van der Waals surface area contributed by atoms with Crippen LogP contribution >= 0.6 is 0 Å². The van der Waals surface area contributed by atoms with Crippen LogP contribution in [0.3, 0.4) is 0 Å². The van der Waals surface area contributed by atoms with Crippen LogP contribution in [0.15, 0.2) is 54.6 Å². The Balaban J connectivity index is 2.32. The summed E-state index contributed by atoms with van der Waals surface area (Å²) >= 11 is 0. The fourth-order valence-electron chi connectivity index (χ4n) is 2.28. The van der Waals surface area contributed by atoms with Gasteiger partial charge in [-0.1, -0.05) is 42.5 Å². The summed E-state index contributed by atoms with van der Waals surface area (Å²) in [5, 5.41) is 0. The van der Waals surface area contributed by atoms with Crippen LogP contribution in [0, 0.1) is 0 Å². The molecule has 3 heteroatoms. The van der Waals surface area contributed by atoms with Gasteiger partial charge in [-0.15, -0.1) is 0 Å². The van der Waals surface area contributed by atoms with Crippen molar-refractivity contribution in [2.45, 2.75) is 12.3 Å². The molecular weight excluding hydrogens is 248 g/mol. The predicted octanol–water partition coefficient (Wildman–Crippen LogP) is 2.68. The van der Waals surface area contributed by atoms with Crippen molar-refractivity contribution in [3.05, 3.63) is 65.7 Å². The second kappa shape index (κ2) is 6.24. The third-order valence-corrected chi connectivity index (χ3v) is 3.33. The number of carbonyl (C=O) groups excluding carboxylic acids is 1. The summed E-state index contributed by atoms with van der Waals surface area (Å²) in [6, 6.07) is 17.6. The van der Waals surface area contributed by atoms with Gasteiger partial charge < -0.3 is 10.6 Å². The van der Waals surface area contributed by atoms with Crippen molar-refractivity contribution >= 4 is 11.6 Å². The molecule has 0 bridgehead atoms. The van der Waals surface area contributed by atoms with Gasteiger partial charge in [0.15, 0.2) is 0 Å². The summed E-state index contributed by atoms with van der Waals surface area (Å²) in [5.74, 6) is -0.102. The molecule has 0 aliphatic carbocycles. The van der Waals surface area contributed by atoms with E-state index in [2.05, 4.69) is 0 Å². The number of anilines is 1. The van der Waals surface area contributed by atoms with E-state index in [0.29, 0.717) is 12.1 Å². The number of hydrogen-bond donors (Lipinski definition) is 1. The summed E-state index contributed by atoms with van der Waals surface area (Å²) < 4.78 is 0. The zero-order valence-corrected chi connectivity index (χ0v) is 11.9. The highest BCUT2D eigenvalue weighted by Gasteiger charge is 2.22. The van der Waals surface area contributed by atoms with Gasteiger partial charge in [0.1, 0.15) is 0 Å². The van der Waals surface area contributed by atoms with Crippen molar-refractivity contribution < 1.29 is 4.79 Å². The molecule has 0 radical (unpaired) electrons. The van der Waals surface area contributed by atoms with Crippen molar-refractivity contribution in [2.75, 3.05) is 19.8 Å². The van der Waals surface area contributed by atoms with Gasteiger partial charge in [0.05, 0.1) is 5.92 Å². The molecule has 0 aromatic heterocycles. The Bertz CT molecular complexity index is 579. The number of benzene rings is 2. The Kier molecular flexibility index (Phi) is 4.41. The lowest BCUT2D eigenvalue weighted by atomic mass is 9.90. The highest BCUT2D eigenvalue weighted by molar-refractivity contribution is 5.84. The first-order valence-corrected chi connectivity index (χ1v) is 6.68. The van der Waals surface area contributed by atoms with E-state index in [1.165, 1.54) is 0 Å². The summed E-state index contributed by atoms with van der Waals surface area (Å²) in [5.41, 5.74) is 8.64. The number of rotatable bonds is 4. The average Bonchev–Trinajstić information content (AvgIpc) is 2.45. The van der Waals surface area contributed by atoms with Crippen LogP contribution in [0.4, 0.5) is 5.69 Å². The first-order valence-electron chi connectivity index (χ1n) is 6.68. The highest BCUT2D eigenvalue weighted by Crippen LogP contribution is 2.24. The number of nitrogens with zero attached hydrogens (tertiary/aromatic N) is 1. The van der Waals surface area contributed by atoms with E-state index in [1.54, 1.807) is 19.0 Å². The Hall–Kier alpha value is -2.29. The van der Waals surface area contributed by atoms with Crippen LogP contribution in [0.2, 0.25) is 0 Å². The summed E-state index contributed by atoms with van der Waals surface area (Å²) in [6.07, 6.45) is 0.682. The molecule has 3 nitrogen and oxygen atoms in total. The van der Waals surface area contributed by atoms with Crippen molar-refractivity contribution in [1.29, 1.82) is 0 Å². The van der Waals surface area contributed by atoms with Gasteiger partial charge in [0.2, 0.25) is 5.91 Å². The maximum Gasteiger partial charge on any atom is 0.229 e. The van der Waals surface area contributed by atoms with Crippen LogP contribution in [-0.4, -0.2) is 24.9 Å². The number of nitrogens with two attached hydrogens (primary N) is 1. The normalized spacial score (nSPS) is 11.9. The van der Waals surface area contributed by atoms with Gasteiger partial charge >= 0.3 is 0 Å². The van der Waals surface area contributed by atoms with Gasteiger partial charge in [-0.3, -0.25) is 4.79 Å². The lowest BCUT2D eigenvalue weighted by Crippen LogP contribution is -2.29. The first kappa shape index (κ1) is 14.1. The van der Waals surface area contributed by atoms with Gasteiger partial charge in [0, 0.05) is 19.8 Å². The van der Waals surface area contributed by atoms with Crippen LogP contribution in [0.1, 0.15) is 17.0 Å². The quantitative estimate of drug-likeness (QED) is 0.867. The van der Waals surface area contributed by atoms with Crippen molar-refractivity contribution in [2.24, 2.45) is 0 Å². The fraction of sp³-hybridized carbons (Fsp3) is 0.235. The third kappa shape index (κ3) is 3.38. The zero-order chi connectivity index (χ0) is 14.5. The van der Waals surface area contributed by atoms with Crippen molar-refractivity contribution in [3.8, 4) is 0 Å². The summed E-state index contributed by atoms with van der Waals surface area (Å²) in [7, 11) is 3.57. The molecule has 0 saturated carbocycles. The van der Waals surface area contributed by atoms with Gasteiger partial charge in [-0.25, -0.2) is 0 Å². The van der Waals surface area contributed by atoms with Gasteiger partial charge in [-0.2, -0.15) is 0 Å². The molecule has 0 fully saturated rings. The van der Waals surface area contributed by atoms with Crippen molar-refractivity contribution in [1.82, 2.24) is 4.90 Å². The molecule has 2 rings (SSSR count). The molecule has 1 unspecified atom stereocenters. The molecule has 0 aliphatic rings. The number of nitrogen functional groups attached to an aromatic ring is 1. The largest absolute Gasteiger partial charge is 0.399 e. The highest BCUT2D eigenvalue weighted by atomic mass is 16.2. The Morgan fingerprint density at radius 3 is 2.40 bits per heavy atom. The molecular formula is C17H20N2O. The Labute approximate surface area is 120 Å². The van der Waals surface area contributed by atoms with E-state index in [9.17, 15) is 4.79 Å². The molecule has 2 aromatic rings. The molecule has 0 heterocycles. The van der Waals surface area contributed by atoms with Crippen LogP contribution in [-0.2, 0) is 11.2 Å².